The van der Waals surface area contributed by atoms with Gasteiger partial charge >= 0.3 is 0 Å². The lowest BCUT2D eigenvalue weighted by molar-refractivity contribution is 0.0775. The number of hydrogen-bond acceptors (Lipinski definition) is 4. The van der Waals surface area contributed by atoms with Crippen molar-refractivity contribution in [3.8, 4) is 17.1 Å². The molecular weight excluding hydrogens is 366 g/mol. The first-order chi connectivity index (χ1) is 14.2. The Morgan fingerprint density at radius 2 is 1.59 bits per heavy atom. The van der Waals surface area contributed by atoms with Crippen molar-refractivity contribution in [1.82, 2.24) is 24.5 Å². The summed E-state index contributed by atoms with van der Waals surface area (Å²) in [7, 11) is 3.27. The molecule has 0 saturated carbocycles. The van der Waals surface area contributed by atoms with Gasteiger partial charge < -0.3 is 9.64 Å². The van der Waals surface area contributed by atoms with Crippen molar-refractivity contribution < 1.29 is 9.53 Å². The molecule has 4 rings (SSSR count). The Bertz CT molecular complexity index is 1100. The zero-order valence-corrected chi connectivity index (χ0v) is 16.3. The molecule has 0 saturated heterocycles. The number of aromatic nitrogens is 4. The second-order valence-electron chi connectivity index (χ2n) is 6.62. The van der Waals surface area contributed by atoms with Crippen LogP contribution in [0.1, 0.15) is 16.1 Å². The zero-order valence-electron chi connectivity index (χ0n) is 16.3. The highest BCUT2D eigenvalue weighted by molar-refractivity contribution is 5.94. The second-order valence-corrected chi connectivity index (χ2v) is 6.62. The molecule has 0 bridgehead atoms. The van der Waals surface area contributed by atoms with Crippen LogP contribution in [0.2, 0.25) is 0 Å². The van der Waals surface area contributed by atoms with Crippen LogP contribution < -0.4 is 4.74 Å². The van der Waals surface area contributed by atoms with E-state index < -0.39 is 0 Å². The Labute approximate surface area is 168 Å². The number of methoxy groups -OCH3 is 1. The lowest BCUT2D eigenvalue weighted by atomic mass is 10.3. The highest BCUT2D eigenvalue weighted by atomic mass is 16.5. The topological polar surface area (TPSA) is 65.2 Å². The third-order valence-corrected chi connectivity index (χ3v) is 4.55. The van der Waals surface area contributed by atoms with E-state index in [1.807, 2.05) is 66.9 Å². The summed E-state index contributed by atoms with van der Waals surface area (Å²) in [5.41, 5.74) is 3.02. The number of benzene rings is 2. The SMILES string of the molecule is COc1cn(-c2ccccc2)nc1C(=O)N(C)Cc1cnn(-c2ccccc2)c1. The first-order valence-corrected chi connectivity index (χ1v) is 9.19. The average Bonchev–Trinajstić information content (AvgIpc) is 3.41. The first-order valence-electron chi connectivity index (χ1n) is 9.19. The summed E-state index contributed by atoms with van der Waals surface area (Å²) in [6, 6.07) is 19.4. The van der Waals surface area contributed by atoms with Crippen LogP contribution in [0.4, 0.5) is 0 Å². The van der Waals surface area contributed by atoms with Crippen molar-refractivity contribution in [1.29, 1.82) is 0 Å². The molecule has 2 aromatic heterocycles. The van der Waals surface area contributed by atoms with E-state index in [1.54, 1.807) is 33.7 Å². The summed E-state index contributed by atoms with van der Waals surface area (Å²) < 4.78 is 8.82. The van der Waals surface area contributed by atoms with Gasteiger partial charge in [0.25, 0.3) is 5.91 Å². The summed E-state index contributed by atoms with van der Waals surface area (Å²) in [4.78, 5) is 14.6. The van der Waals surface area contributed by atoms with Crippen LogP contribution in [0.3, 0.4) is 0 Å². The molecule has 0 fully saturated rings. The van der Waals surface area contributed by atoms with Crippen LogP contribution in [-0.4, -0.2) is 44.5 Å². The number of amides is 1. The summed E-state index contributed by atoms with van der Waals surface area (Å²) >= 11 is 0. The van der Waals surface area contributed by atoms with Gasteiger partial charge in [0.1, 0.15) is 0 Å². The van der Waals surface area contributed by atoms with Crippen molar-refractivity contribution in [2.45, 2.75) is 6.54 Å². The summed E-state index contributed by atoms with van der Waals surface area (Å²) in [5.74, 6) is 0.217. The maximum absolute atomic E-state index is 13.0. The van der Waals surface area contributed by atoms with Gasteiger partial charge in [-0.2, -0.15) is 10.2 Å². The predicted molar refractivity (Wildman–Crippen MR) is 109 cm³/mol. The maximum atomic E-state index is 13.0. The van der Waals surface area contributed by atoms with E-state index in [1.165, 1.54) is 7.11 Å². The minimum Gasteiger partial charge on any atom is -0.493 e. The quantitative estimate of drug-likeness (QED) is 0.509. The largest absolute Gasteiger partial charge is 0.493 e. The molecule has 0 spiro atoms. The van der Waals surface area contributed by atoms with Gasteiger partial charge in [-0.15, -0.1) is 0 Å². The summed E-state index contributed by atoms with van der Waals surface area (Å²) in [6.07, 6.45) is 5.39. The zero-order chi connectivity index (χ0) is 20.2. The predicted octanol–water partition coefficient (Wildman–Crippen LogP) is 3.34. The monoisotopic (exact) mass is 387 g/mol. The molecule has 0 radical (unpaired) electrons. The molecule has 0 N–H and O–H groups in total. The van der Waals surface area contributed by atoms with Gasteiger partial charge in [-0.3, -0.25) is 4.79 Å². The number of rotatable bonds is 6. The fourth-order valence-electron chi connectivity index (χ4n) is 3.06. The van der Waals surface area contributed by atoms with Crippen molar-refractivity contribution in [3.05, 3.63) is 90.5 Å². The molecular formula is C22H21N5O2. The first kappa shape index (κ1) is 18.5. The van der Waals surface area contributed by atoms with Crippen LogP contribution in [-0.2, 0) is 6.54 Å². The van der Waals surface area contributed by atoms with E-state index in [4.69, 9.17) is 4.74 Å². The molecule has 4 aromatic rings. The Morgan fingerprint density at radius 3 is 2.21 bits per heavy atom. The van der Waals surface area contributed by atoms with Gasteiger partial charge in [0, 0.05) is 25.4 Å². The molecule has 0 aliphatic carbocycles. The molecule has 146 valence electrons. The molecule has 0 unspecified atom stereocenters. The number of para-hydroxylation sites is 2. The molecule has 2 aromatic carbocycles. The maximum Gasteiger partial charge on any atom is 0.278 e. The number of carbonyl (C=O) groups is 1. The molecule has 2 heterocycles. The summed E-state index contributed by atoms with van der Waals surface area (Å²) in [5, 5.41) is 8.83. The van der Waals surface area contributed by atoms with Gasteiger partial charge in [-0.1, -0.05) is 36.4 Å². The lowest BCUT2D eigenvalue weighted by Crippen LogP contribution is -2.27. The normalized spacial score (nSPS) is 10.7. The molecule has 0 aliphatic heterocycles. The highest BCUT2D eigenvalue weighted by Crippen LogP contribution is 2.21. The molecule has 0 aliphatic rings. The fourth-order valence-corrected chi connectivity index (χ4v) is 3.06. The van der Waals surface area contributed by atoms with Crippen LogP contribution in [0, 0.1) is 0 Å². The van der Waals surface area contributed by atoms with Gasteiger partial charge in [0.2, 0.25) is 0 Å². The lowest BCUT2D eigenvalue weighted by Gasteiger charge is -2.15. The van der Waals surface area contributed by atoms with Crippen molar-refractivity contribution in [2.24, 2.45) is 0 Å². The van der Waals surface area contributed by atoms with Crippen LogP contribution in [0.15, 0.2) is 79.3 Å². The smallest absolute Gasteiger partial charge is 0.278 e. The number of ether oxygens (including phenoxy) is 1. The minimum atomic E-state index is -0.219. The Morgan fingerprint density at radius 1 is 0.966 bits per heavy atom. The van der Waals surface area contributed by atoms with Crippen LogP contribution in [0.5, 0.6) is 5.75 Å². The van der Waals surface area contributed by atoms with Gasteiger partial charge in [0.05, 0.1) is 30.9 Å². The molecule has 7 nitrogen and oxygen atoms in total. The highest BCUT2D eigenvalue weighted by Gasteiger charge is 2.22. The molecule has 29 heavy (non-hydrogen) atoms. The van der Waals surface area contributed by atoms with Gasteiger partial charge in [-0.25, -0.2) is 9.36 Å². The fraction of sp³-hybridized carbons (Fsp3) is 0.136. The van der Waals surface area contributed by atoms with E-state index in [2.05, 4.69) is 10.2 Å². The van der Waals surface area contributed by atoms with Crippen molar-refractivity contribution in [3.63, 3.8) is 0 Å². The molecule has 1 amide bonds. The number of hydrogen-bond donors (Lipinski definition) is 0. The van der Waals surface area contributed by atoms with Gasteiger partial charge in [0.15, 0.2) is 11.4 Å². The van der Waals surface area contributed by atoms with Crippen molar-refractivity contribution in [2.75, 3.05) is 14.2 Å². The van der Waals surface area contributed by atoms with E-state index in [-0.39, 0.29) is 11.6 Å². The number of carbonyl (C=O) groups excluding carboxylic acids is 1. The average molecular weight is 387 g/mol. The third-order valence-electron chi connectivity index (χ3n) is 4.55. The minimum absolute atomic E-state index is 0.219. The standard InChI is InChI=1S/C22H21N5O2/c1-25(14-17-13-23-26(15-17)18-9-5-3-6-10-18)22(28)21-20(29-2)16-27(24-21)19-11-7-4-8-12-19/h3-13,15-16H,14H2,1-2H3. The third kappa shape index (κ3) is 3.89. The van der Waals surface area contributed by atoms with Crippen LogP contribution in [0.25, 0.3) is 11.4 Å². The van der Waals surface area contributed by atoms with Crippen LogP contribution >= 0.6 is 0 Å². The Kier molecular flexibility index (Phi) is 5.11. The van der Waals surface area contributed by atoms with E-state index in [0.717, 1.165) is 16.9 Å². The number of nitrogens with zero attached hydrogens (tertiary/aromatic N) is 5. The molecule has 7 heteroatoms. The van der Waals surface area contributed by atoms with E-state index in [9.17, 15) is 4.79 Å². The van der Waals surface area contributed by atoms with Gasteiger partial charge in [-0.05, 0) is 24.3 Å². The Hall–Kier alpha value is -3.87. The summed E-state index contributed by atoms with van der Waals surface area (Å²) in [6.45, 7) is 0.410. The molecule has 0 atom stereocenters. The van der Waals surface area contributed by atoms with Crippen molar-refractivity contribution >= 4 is 5.91 Å². The second kappa shape index (κ2) is 8.02. The van der Waals surface area contributed by atoms with E-state index >= 15 is 0 Å². The van der Waals surface area contributed by atoms with E-state index in [0.29, 0.717) is 12.3 Å². The Balaban J connectivity index is 1.53.